The molecule has 1 unspecified atom stereocenters. The predicted octanol–water partition coefficient (Wildman–Crippen LogP) is 4.71. The van der Waals surface area contributed by atoms with Crippen LogP contribution in [0, 0.1) is 17.5 Å². The summed E-state index contributed by atoms with van der Waals surface area (Å²) in [5.41, 5.74) is -0.280. The molecule has 0 saturated carbocycles. The lowest BCUT2D eigenvalue weighted by atomic mass is 9.97. The van der Waals surface area contributed by atoms with E-state index in [1.807, 2.05) is 6.92 Å². The molecule has 14 nitrogen and oxygen atoms in total. The van der Waals surface area contributed by atoms with Crippen molar-refractivity contribution >= 4 is 22.1 Å². The lowest BCUT2D eigenvalue weighted by Crippen LogP contribution is -2.56. The molecule has 1 aliphatic rings. The zero-order valence-electron chi connectivity index (χ0n) is 25.3. The van der Waals surface area contributed by atoms with E-state index < -0.39 is 51.8 Å². The summed E-state index contributed by atoms with van der Waals surface area (Å²) >= 11 is 0. The molecular formula is C28H31F3N6O8S. The van der Waals surface area contributed by atoms with Crippen molar-refractivity contribution in [3.8, 4) is 16.9 Å². The number of esters is 1. The Labute approximate surface area is 261 Å². The van der Waals surface area contributed by atoms with E-state index in [9.17, 15) is 36.4 Å². The molecule has 1 fully saturated rings. The van der Waals surface area contributed by atoms with Crippen LogP contribution in [0.5, 0.6) is 0 Å². The number of hydrogen-bond donors (Lipinski definition) is 1. The molecule has 1 N–H and O–H groups in total. The van der Waals surface area contributed by atoms with Crippen LogP contribution in [0.3, 0.4) is 0 Å². The molecule has 1 aromatic heterocycles. The minimum atomic E-state index is -4.72. The highest BCUT2D eigenvalue weighted by Crippen LogP contribution is 2.33. The van der Waals surface area contributed by atoms with Crippen molar-refractivity contribution in [2.75, 3.05) is 13.1 Å². The first-order valence-corrected chi connectivity index (χ1v) is 15.2. The molecule has 2 aromatic carbocycles. The van der Waals surface area contributed by atoms with Gasteiger partial charge in [-0.25, -0.2) is 22.6 Å². The van der Waals surface area contributed by atoms with Gasteiger partial charge in [-0.1, -0.05) is 29.8 Å². The van der Waals surface area contributed by atoms with Crippen LogP contribution < -0.4 is 4.72 Å². The number of hydrogen-bond acceptors (Lipinski definition) is 10. The molecule has 1 saturated heterocycles. The third-order valence-electron chi connectivity index (χ3n) is 6.45. The highest BCUT2D eigenvalue weighted by molar-refractivity contribution is 7.90. The molecule has 3 aromatic rings. The summed E-state index contributed by atoms with van der Waals surface area (Å²) in [6.45, 7) is 7.84. The van der Waals surface area contributed by atoms with Gasteiger partial charge in [-0.3, -0.25) is 9.63 Å². The summed E-state index contributed by atoms with van der Waals surface area (Å²) in [5, 5.41) is 20.1. The van der Waals surface area contributed by atoms with E-state index in [2.05, 4.69) is 10.4 Å². The largest absolute Gasteiger partial charge is 0.569 e. The fourth-order valence-corrected chi connectivity index (χ4v) is 4.77. The second-order valence-corrected chi connectivity index (χ2v) is 13.0. The lowest BCUT2D eigenvalue weighted by Gasteiger charge is -2.33. The molecule has 18 heteroatoms. The van der Waals surface area contributed by atoms with Gasteiger partial charge in [0.1, 0.15) is 19.2 Å². The lowest BCUT2D eigenvalue weighted by molar-refractivity contribution is -0.728. The first-order valence-electron chi connectivity index (χ1n) is 13.7. The van der Waals surface area contributed by atoms with Gasteiger partial charge in [0.05, 0.1) is 26.7 Å². The summed E-state index contributed by atoms with van der Waals surface area (Å²) in [4.78, 5) is 28.7. The van der Waals surface area contributed by atoms with Crippen LogP contribution in [-0.4, -0.2) is 65.7 Å². The molecule has 0 aliphatic carbocycles. The van der Waals surface area contributed by atoms with Crippen LogP contribution >= 0.6 is 0 Å². The van der Waals surface area contributed by atoms with Gasteiger partial charge in [-0.05, 0) is 58.0 Å². The van der Waals surface area contributed by atoms with Gasteiger partial charge in [-0.2, -0.15) is 18.3 Å². The Morgan fingerprint density at radius 3 is 2.26 bits per heavy atom. The molecule has 0 spiro atoms. The average molecular weight is 669 g/mol. The van der Waals surface area contributed by atoms with E-state index in [0.29, 0.717) is 5.56 Å². The minimum Gasteiger partial charge on any atom is -0.569 e. The fraction of sp³-hybridized carbons (Fsp3) is 0.393. The second kappa shape index (κ2) is 12.9. The van der Waals surface area contributed by atoms with Crippen molar-refractivity contribution < 1.29 is 50.5 Å². The molecule has 248 valence electrons. The Morgan fingerprint density at radius 2 is 1.70 bits per heavy atom. The monoisotopic (exact) mass is 668 g/mol. The number of aryl methyl sites for hydroxylation is 1. The Kier molecular flexibility index (Phi) is 9.51. The molecule has 1 aliphatic heterocycles. The van der Waals surface area contributed by atoms with Gasteiger partial charge in [0.25, 0.3) is 16.3 Å². The van der Waals surface area contributed by atoms with Crippen molar-refractivity contribution in [3.05, 3.63) is 71.1 Å². The average Bonchev–Trinajstić information content (AvgIpc) is 3.39. The van der Waals surface area contributed by atoms with E-state index in [-0.39, 0.29) is 34.3 Å². The Hall–Kier alpha value is -4.87. The Morgan fingerprint density at radius 1 is 1.09 bits per heavy atom. The zero-order chi connectivity index (χ0) is 34.0. The molecule has 2 heterocycles. The Balaban J connectivity index is 1.35. The number of nitrogens with one attached hydrogen (secondary N) is 1. The topological polar surface area (TPSA) is 167 Å². The molecule has 0 radical (unpaired) electrons. The van der Waals surface area contributed by atoms with Gasteiger partial charge in [0.2, 0.25) is 5.28 Å². The number of hydrazine groups is 1. The summed E-state index contributed by atoms with van der Waals surface area (Å²) in [6.07, 6.45) is -8.03. The number of carbonyl (C=O) groups is 2. The van der Waals surface area contributed by atoms with Crippen molar-refractivity contribution in [2.24, 2.45) is 10.7 Å². The molecule has 1 amide bonds. The maximum Gasteiger partial charge on any atom is 0.435 e. The quantitative estimate of drug-likeness (QED) is 0.111. The van der Waals surface area contributed by atoms with E-state index >= 15 is 0 Å². The number of rotatable bonds is 9. The molecule has 4 rings (SSSR count). The van der Waals surface area contributed by atoms with Crippen LogP contribution in [0.2, 0.25) is 0 Å². The number of sulfonamides is 1. The first-order chi connectivity index (χ1) is 21.3. The van der Waals surface area contributed by atoms with E-state index in [1.165, 1.54) is 19.1 Å². The smallest absolute Gasteiger partial charge is 0.435 e. The first kappa shape index (κ1) is 34.0. The van der Waals surface area contributed by atoms with Gasteiger partial charge < -0.3 is 14.7 Å². The highest BCUT2D eigenvalue weighted by Gasteiger charge is 2.38. The summed E-state index contributed by atoms with van der Waals surface area (Å²) < 4.78 is 78.8. The maximum absolute atomic E-state index is 13.5. The minimum absolute atomic E-state index is 0.0685. The van der Waals surface area contributed by atoms with E-state index in [4.69, 9.17) is 14.3 Å². The molecule has 46 heavy (non-hydrogen) atoms. The third kappa shape index (κ3) is 8.23. The van der Waals surface area contributed by atoms with Crippen LogP contribution in [0.15, 0.2) is 64.8 Å². The molecule has 1 atom stereocenters. The van der Waals surface area contributed by atoms with E-state index in [0.717, 1.165) is 33.5 Å². The fourth-order valence-electron chi connectivity index (χ4n) is 3.90. The number of amides is 1. The van der Waals surface area contributed by atoms with Gasteiger partial charge in [0, 0.05) is 12.5 Å². The van der Waals surface area contributed by atoms with Crippen LogP contribution in [0.25, 0.3) is 16.9 Å². The van der Waals surface area contributed by atoms with Crippen LogP contribution in [-0.2, 0) is 35.3 Å². The van der Waals surface area contributed by atoms with Gasteiger partial charge >= 0.3 is 18.2 Å². The zero-order valence-corrected chi connectivity index (χ0v) is 26.1. The van der Waals surface area contributed by atoms with Crippen LogP contribution in [0.4, 0.5) is 18.0 Å². The number of alkyl halides is 3. The number of halogens is 3. The van der Waals surface area contributed by atoms with Crippen molar-refractivity contribution in [1.82, 2.24) is 19.5 Å². The molecule has 0 bridgehead atoms. The summed E-state index contributed by atoms with van der Waals surface area (Å²) in [5.74, 6) is -0.563. The number of ether oxygens (including phenoxy) is 2. The number of nitrogens with zero attached hydrogens (tertiary/aromatic N) is 5. The third-order valence-corrected chi connectivity index (χ3v) is 7.78. The van der Waals surface area contributed by atoms with Gasteiger partial charge in [-0.15, -0.1) is 5.01 Å². The predicted molar refractivity (Wildman–Crippen MR) is 153 cm³/mol. The SMILES string of the molecule is Cc1ccc(-c2cc(C(F)(F)F)nn2-c2ccc(S(=O)(=O)NC(=O)OC3CN([N+]([O-])=NOC(C)OC(=O)C(C)(C)C)C3)cc2)cc1. The number of benzene rings is 2. The van der Waals surface area contributed by atoms with E-state index in [1.54, 1.807) is 49.8 Å². The van der Waals surface area contributed by atoms with Gasteiger partial charge in [0.15, 0.2) is 5.69 Å². The number of aromatic nitrogens is 2. The van der Waals surface area contributed by atoms with Crippen molar-refractivity contribution in [3.63, 3.8) is 0 Å². The standard InChI is InChI=1S/C28H31F3N6O8S/c1-17-6-8-19(9-7-17)23-14-24(28(29,30)31)32-36(23)20-10-12-22(13-11-20)46(41,42)33-26(39)44-21-15-35(16-21)37(40)34-45-18(2)43-25(38)27(3,4)5/h6-14,18,21H,15-16H2,1-5H3,(H,33,39). The summed E-state index contributed by atoms with van der Waals surface area (Å²) in [6, 6.07) is 12.3. The maximum atomic E-state index is 13.5. The van der Waals surface area contributed by atoms with Crippen molar-refractivity contribution in [2.45, 2.75) is 58.1 Å². The van der Waals surface area contributed by atoms with Crippen LogP contribution in [0.1, 0.15) is 39.0 Å². The second-order valence-electron chi connectivity index (χ2n) is 11.4. The number of carbonyl (C=O) groups excluding carboxylic acids is 2. The normalized spacial score (nSPS) is 15.1. The molecular weight excluding hydrogens is 637 g/mol. The Bertz CT molecular complexity index is 1710. The van der Waals surface area contributed by atoms with Crippen molar-refractivity contribution in [1.29, 1.82) is 0 Å². The highest BCUT2D eigenvalue weighted by atomic mass is 32.2. The summed E-state index contributed by atoms with van der Waals surface area (Å²) in [7, 11) is -4.44.